The van der Waals surface area contributed by atoms with Crippen molar-refractivity contribution in [3.8, 4) is 0 Å². The maximum atomic E-state index is 12.5. The van der Waals surface area contributed by atoms with E-state index in [-0.39, 0.29) is 11.8 Å². The number of H-pyrrole nitrogens is 1. The average molecular weight is 337 g/mol. The lowest BCUT2D eigenvalue weighted by atomic mass is 10.1. The molecule has 25 heavy (non-hydrogen) atoms. The molecule has 6 nitrogen and oxygen atoms in total. The summed E-state index contributed by atoms with van der Waals surface area (Å²) >= 11 is 0. The predicted octanol–water partition coefficient (Wildman–Crippen LogP) is 2.57. The number of fused-ring (bicyclic) bond motifs is 1. The van der Waals surface area contributed by atoms with Gasteiger partial charge >= 0.3 is 0 Å². The molecule has 2 aromatic heterocycles. The van der Waals surface area contributed by atoms with Crippen LogP contribution in [0.25, 0.3) is 10.9 Å². The number of benzene rings is 1. The van der Waals surface area contributed by atoms with E-state index in [1.807, 2.05) is 36.5 Å². The van der Waals surface area contributed by atoms with Gasteiger partial charge in [-0.25, -0.2) is 0 Å². The molecule has 0 radical (unpaired) electrons. The van der Waals surface area contributed by atoms with E-state index in [1.54, 1.807) is 17.2 Å². The Hall–Kier alpha value is -3.02. The molecule has 0 bridgehead atoms. The summed E-state index contributed by atoms with van der Waals surface area (Å²) in [6.45, 7) is 0.763. The molecule has 1 saturated heterocycles. The number of nitrogens with one attached hydrogen (secondary N) is 2. The number of furan rings is 1. The lowest BCUT2D eigenvalue weighted by Gasteiger charge is -2.23. The summed E-state index contributed by atoms with van der Waals surface area (Å²) in [5.41, 5.74) is 2.05. The highest BCUT2D eigenvalue weighted by Gasteiger charge is 2.36. The fraction of sp³-hybridized carbons (Fsp3) is 0.263. The zero-order valence-corrected chi connectivity index (χ0v) is 13.7. The second kappa shape index (κ2) is 6.47. The third kappa shape index (κ3) is 3.03. The Morgan fingerprint density at radius 2 is 2.16 bits per heavy atom. The number of carbonyl (C=O) groups is 2. The third-order valence-electron chi connectivity index (χ3n) is 4.66. The number of likely N-dealkylation sites (tertiary alicyclic amines) is 1. The average Bonchev–Trinajstić information content (AvgIpc) is 3.35. The van der Waals surface area contributed by atoms with Crippen molar-refractivity contribution in [2.24, 2.45) is 0 Å². The molecule has 6 heteroatoms. The minimum absolute atomic E-state index is 0.0171. The molecule has 0 spiro atoms. The predicted molar refractivity (Wildman–Crippen MR) is 92.4 cm³/mol. The lowest BCUT2D eigenvalue weighted by molar-refractivity contribution is -0.135. The van der Waals surface area contributed by atoms with E-state index in [1.165, 1.54) is 0 Å². The van der Waals surface area contributed by atoms with Crippen LogP contribution in [-0.2, 0) is 22.7 Å². The molecule has 0 saturated carbocycles. The van der Waals surface area contributed by atoms with Crippen LogP contribution in [0.2, 0.25) is 0 Å². The van der Waals surface area contributed by atoms with Crippen LogP contribution < -0.4 is 5.32 Å². The monoisotopic (exact) mass is 337 g/mol. The van der Waals surface area contributed by atoms with Crippen LogP contribution in [0.4, 0.5) is 0 Å². The number of aromatic nitrogens is 1. The Morgan fingerprint density at radius 1 is 1.28 bits per heavy atom. The number of carbonyl (C=O) groups excluding carboxylic acids is 2. The summed E-state index contributed by atoms with van der Waals surface area (Å²) in [5.74, 6) is 0.575. The van der Waals surface area contributed by atoms with Crippen LogP contribution in [-0.4, -0.2) is 27.7 Å². The van der Waals surface area contributed by atoms with Crippen LogP contribution in [0, 0.1) is 0 Å². The number of amides is 2. The van der Waals surface area contributed by atoms with Crippen molar-refractivity contribution in [2.45, 2.75) is 32.0 Å². The van der Waals surface area contributed by atoms with E-state index in [9.17, 15) is 9.59 Å². The zero-order valence-electron chi connectivity index (χ0n) is 13.7. The Morgan fingerprint density at radius 3 is 3.00 bits per heavy atom. The second-order valence-corrected chi connectivity index (χ2v) is 6.23. The quantitative estimate of drug-likeness (QED) is 0.751. The van der Waals surface area contributed by atoms with Crippen LogP contribution in [0.1, 0.15) is 24.2 Å². The molecule has 2 amide bonds. The van der Waals surface area contributed by atoms with E-state index in [2.05, 4.69) is 10.3 Å². The van der Waals surface area contributed by atoms with Gasteiger partial charge in [-0.2, -0.15) is 0 Å². The summed E-state index contributed by atoms with van der Waals surface area (Å²) in [6, 6.07) is 11.1. The van der Waals surface area contributed by atoms with Gasteiger partial charge in [-0.1, -0.05) is 18.2 Å². The number of para-hydroxylation sites is 1. The van der Waals surface area contributed by atoms with Crippen molar-refractivity contribution in [1.82, 2.24) is 15.2 Å². The van der Waals surface area contributed by atoms with Crippen molar-refractivity contribution in [2.75, 3.05) is 0 Å². The Bertz CT molecular complexity index is 898. The van der Waals surface area contributed by atoms with Gasteiger partial charge in [0.1, 0.15) is 11.8 Å². The van der Waals surface area contributed by atoms with Gasteiger partial charge in [-0.3, -0.25) is 9.59 Å². The highest BCUT2D eigenvalue weighted by Crippen LogP contribution is 2.25. The van der Waals surface area contributed by atoms with E-state index >= 15 is 0 Å². The van der Waals surface area contributed by atoms with Crippen molar-refractivity contribution in [1.29, 1.82) is 0 Å². The largest absolute Gasteiger partial charge is 0.467 e. The smallest absolute Gasteiger partial charge is 0.243 e. The molecular formula is C19H19N3O3. The van der Waals surface area contributed by atoms with Crippen LogP contribution in [0.3, 0.4) is 0 Å². The molecule has 1 aromatic carbocycles. The first-order chi connectivity index (χ1) is 12.2. The van der Waals surface area contributed by atoms with Crippen molar-refractivity contribution in [3.05, 3.63) is 60.2 Å². The molecule has 1 aliphatic rings. The molecular weight excluding hydrogens is 318 g/mol. The minimum Gasteiger partial charge on any atom is -0.467 e. The fourth-order valence-electron chi connectivity index (χ4n) is 3.36. The maximum absolute atomic E-state index is 12.5. The summed E-state index contributed by atoms with van der Waals surface area (Å²) in [6.07, 6.45) is 4.43. The Balaban J connectivity index is 1.48. The van der Waals surface area contributed by atoms with E-state index < -0.39 is 6.04 Å². The highest BCUT2D eigenvalue weighted by molar-refractivity contribution is 5.91. The van der Waals surface area contributed by atoms with E-state index in [4.69, 9.17) is 4.42 Å². The third-order valence-corrected chi connectivity index (χ3v) is 4.66. The van der Waals surface area contributed by atoms with Gasteiger partial charge in [-0.15, -0.1) is 0 Å². The van der Waals surface area contributed by atoms with Crippen molar-refractivity contribution in [3.63, 3.8) is 0 Å². The summed E-state index contributed by atoms with van der Waals surface area (Å²) in [7, 11) is 0. The lowest BCUT2D eigenvalue weighted by Crippen LogP contribution is -2.44. The molecule has 1 fully saturated rings. The first-order valence-corrected chi connectivity index (χ1v) is 8.37. The molecule has 1 atom stereocenters. The van der Waals surface area contributed by atoms with Gasteiger partial charge < -0.3 is 19.6 Å². The second-order valence-electron chi connectivity index (χ2n) is 6.23. The first-order valence-electron chi connectivity index (χ1n) is 8.37. The number of rotatable bonds is 5. The highest BCUT2D eigenvalue weighted by atomic mass is 16.3. The molecule has 2 N–H and O–H groups in total. The first kappa shape index (κ1) is 15.5. The van der Waals surface area contributed by atoms with Gasteiger partial charge in [0.15, 0.2) is 0 Å². The number of nitrogens with zero attached hydrogens (tertiary/aromatic N) is 1. The number of aromatic amines is 1. The van der Waals surface area contributed by atoms with Crippen molar-refractivity contribution < 1.29 is 14.0 Å². The van der Waals surface area contributed by atoms with Gasteiger partial charge in [0.05, 0.1) is 12.8 Å². The van der Waals surface area contributed by atoms with Gasteiger partial charge in [-0.05, 0) is 30.2 Å². The number of hydrogen-bond acceptors (Lipinski definition) is 3. The standard InChI is InChI=1S/C19H19N3O3/c23-18-8-7-17(19(24)21-11-14-4-3-9-25-14)22(18)12-13-10-20-16-6-2-1-5-15(13)16/h1-6,9-10,17,20H,7-8,11-12H2,(H,21,24)/t17-/m0/s1. The zero-order chi connectivity index (χ0) is 17.2. The van der Waals surface area contributed by atoms with E-state index in [0.29, 0.717) is 31.7 Å². The van der Waals surface area contributed by atoms with E-state index in [0.717, 1.165) is 16.5 Å². The molecule has 3 aromatic rings. The topological polar surface area (TPSA) is 78.3 Å². The maximum Gasteiger partial charge on any atom is 0.243 e. The normalized spacial score (nSPS) is 17.4. The van der Waals surface area contributed by atoms with Crippen molar-refractivity contribution >= 4 is 22.7 Å². The SMILES string of the molecule is O=C(NCc1ccco1)[C@@H]1CCC(=O)N1Cc1c[nH]c2ccccc12. The summed E-state index contributed by atoms with van der Waals surface area (Å²) < 4.78 is 5.23. The Kier molecular flexibility index (Phi) is 4.01. The number of hydrogen-bond donors (Lipinski definition) is 2. The fourth-order valence-corrected chi connectivity index (χ4v) is 3.36. The minimum atomic E-state index is -0.434. The summed E-state index contributed by atoms with van der Waals surface area (Å²) in [5, 5.41) is 3.94. The Labute approximate surface area is 144 Å². The van der Waals surface area contributed by atoms with Crippen LogP contribution >= 0.6 is 0 Å². The molecule has 128 valence electrons. The summed E-state index contributed by atoms with van der Waals surface area (Å²) in [4.78, 5) is 29.7. The molecule has 0 unspecified atom stereocenters. The molecule has 0 aliphatic carbocycles. The van der Waals surface area contributed by atoms with Gasteiger partial charge in [0.2, 0.25) is 11.8 Å². The van der Waals surface area contributed by atoms with Crippen LogP contribution in [0.15, 0.2) is 53.3 Å². The molecule has 4 rings (SSSR count). The molecule has 1 aliphatic heterocycles. The van der Waals surface area contributed by atoms with Gasteiger partial charge in [0.25, 0.3) is 0 Å². The van der Waals surface area contributed by atoms with Crippen LogP contribution in [0.5, 0.6) is 0 Å². The van der Waals surface area contributed by atoms with Gasteiger partial charge in [0, 0.05) is 30.1 Å². The molecule has 3 heterocycles.